The fraction of sp³-hybridized carbons (Fsp3) is 0.650. The molecule has 0 aromatic heterocycles. The first-order valence-electron chi connectivity index (χ1n) is 10.3. The number of benzene rings is 1. The fourth-order valence-corrected chi connectivity index (χ4v) is 4.93. The molecule has 1 aromatic carbocycles. The second-order valence-corrected chi connectivity index (χ2v) is 9.78. The summed E-state index contributed by atoms with van der Waals surface area (Å²) in [5.74, 6) is 1.53. The summed E-state index contributed by atoms with van der Waals surface area (Å²) in [5, 5.41) is 3.41. The predicted octanol–water partition coefficient (Wildman–Crippen LogP) is 1.12. The molecule has 2 heterocycles. The molecule has 2 aliphatic heterocycles. The van der Waals surface area contributed by atoms with Crippen LogP contribution in [0.25, 0.3) is 0 Å². The number of sulfone groups is 1. The molecule has 0 amide bonds. The normalized spacial score (nSPS) is 20.9. The Morgan fingerprint density at radius 1 is 1.00 bits per heavy atom. The van der Waals surface area contributed by atoms with Gasteiger partial charge in [0.2, 0.25) is 0 Å². The van der Waals surface area contributed by atoms with E-state index >= 15 is 0 Å². The Bertz CT molecular complexity index is 722. The number of hydrogen-bond donors (Lipinski definition) is 1. The Morgan fingerprint density at radius 2 is 1.66 bits per heavy atom. The third-order valence-electron chi connectivity index (χ3n) is 5.37. The first-order chi connectivity index (χ1) is 13.6. The molecule has 0 bridgehead atoms. The number of aliphatic imine (C=N–C) groups is 1. The summed E-state index contributed by atoms with van der Waals surface area (Å²) in [5.41, 5.74) is 1.36. The molecule has 0 spiro atoms. The average Bonchev–Trinajstić information content (AvgIpc) is 2.70. The zero-order valence-corrected chi connectivity index (χ0v) is 20.4. The predicted molar refractivity (Wildman–Crippen MR) is 130 cm³/mol. The van der Waals surface area contributed by atoms with Gasteiger partial charge in [-0.3, -0.25) is 14.8 Å². The summed E-state index contributed by atoms with van der Waals surface area (Å²) in [6.45, 7) is 10.7. The van der Waals surface area contributed by atoms with Crippen molar-refractivity contribution in [2.45, 2.75) is 13.5 Å². The van der Waals surface area contributed by atoms with E-state index in [0.29, 0.717) is 19.6 Å². The van der Waals surface area contributed by atoms with E-state index in [1.165, 1.54) is 5.56 Å². The van der Waals surface area contributed by atoms with E-state index in [2.05, 4.69) is 57.3 Å². The number of rotatable bonds is 6. The van der Waals surface area contributed by atoms with E-state index in [4.69, 9.17) is 4.99 Å². The van der Waals surface area contributed by atoms with Crippen molar-refractivity contribution in [1.82, 2.24) is 20.0 Å². The van der Waals surface area contributed by atoms with Gasteiger partial charge in [0.15, 0.2) is 15.8 Å². The summed E-state index contributed by atoms with van der Waals surface area (Å²) in [6, 6.07) is 10.6. The Hall–Kier alpha value is -0.910. The Kier molecular flexibility index (Phi) is 10.1. The van der Waals surface area contributed by atoms with Gasteiger partial charge < -0.3 is 10.2 Å². The molecule has 1 aromatic rings. The summed E-state index contributed by atoms with van der Waals surface area (Å²) in [7, 11) is -2.81. The van der Waals surface area contributed by atoms with Gasteiger partial charge in [0.1, 0.15) is 0 Å². The Balaban J connectivity index is 0.00000300. The van der Waals surface area contributed by atoms with Gasteiger partial charge in [0.05, 0.1) is 18.1 Å². The van der Waals surface area contributed by atoms with Gasteiger partial charge in [0, 0.05) is 58.9 Å². The average molecular weight is 535 g/mol. The minimum Gasteiger partial charge on any atom is -0.357 e. The molecule has 0 aliphatic carbocycles. The van der Waals surface area contributed by atoms with E-state index in [9.17, 15) is 8.42 Å². The molecule has 7 nitrogen and oxygen atoms in total. The SMILES string of the molecule is CCNC(=NCCN1CCS(=O)(=O)CC1)N1CCN(Cc2ccccc2)CC1.I. The van der Waals surface area contributed by atoms with Crippen LogP contribution in [0.2, 0.25) is 0 Å². The lowest BCUT2D eigenvalue weighted by Crippen LogP contribution is -2.52. The molecule has 2 aliphatic rings. The molecular weight excluding hydrogens is 501 g/mol. The van der Waals surface area contributed by atoms with Crippen molar-refractivity contribution in [3.05, 3.63) is 35.9 Å². The van der Waals surface area contributed by atoms with Gasteiger partial charge in [0.25, 0.3) is 0 Å². The minimum atomic E-state index is -2.81. The van der Waals surface area contributed by atoms with Crippen LogP contribution in [0.3, 0.4) is 0 Å². The van der Waals surface area contributed by atoms with Crippen LogP contribution in [0.1, 0.15) is 12.5 Å². The molecule has 1 N–H and O–H groups in total. The zero-order valence-electron chi connectivity index (χ0n) is 17.3. The highest BCUT2D eigenvalue weighted by molar-refractivity contribution is 14.0. The number of nitrogens with one attached hydrogen (secondary N) is 1. The summed E-state index contributed by atoms with van der Waals surface area (Å²) in [6.07, 6.45) is 0. The fourth-order valence-electron chi connectivity index (χ4n) is 3.66. The highest BCUT2D eigenvalue weighted by Gasteiger charge is 2.22. The number of halogens is 1. The van der Waals surface area contributed by atoms with Crippen molar-refractivity contribution in [1.29, 1.82) is 0 Å². The van der Waals surface area contributed by atoms with Crippen LogP contribution in [0.4, 0.5) is 0 Å². The maximum absolute atomic E-state index is 11.5. The van der Waals surface area contributed by atoms with Crippen molar-refractivity contribution in [3.63, 3.8) is 0 Å². The zero-order chi connectivity index (χ0) is 19.8. The molecule has 2 fully saturated rings. The summed E-state index contributed by atoms with van der Waals surface area (Å²) < 4.78 is 23.1. The quantitative estimate of drug-likeness (QED) is 0.335. The lowest BCUT2D eigenvalue weighted by atomic mass is 10.2. The van der Waals surface area contributed by atoms with Gasteiger partial charge in [-0.25, -0.2) is 8.42 Å². The first kappa shape index (κ1) is 24.4. The molecule has 9 heteroatoms. The highest BCUT2D eigenvalue weighted by Crippen LogP contribution is 2.09. The summed E-state index contributed by atoms with van der Waals surface area (Å²) in [4.78, 5) is 11.8. The van der Waals surface area contributed by atoms with Crippen molar-refractivity contribution in [3.8, 4) is 0 Å². The lowest BCUT2D eigenvalue weighted by molar-refractivity contribution is 0.172. The maximum atomic E-state index is 11.5. The van der Waals surface area contributed by atoms with E-state index in [-0.39, 0.29) is 35.5 Å². The topological polar surface area (TPSA) is 68.2 Å². The van der Waals surface area contributed by atoms with Crippen LogP contribution < -0.4 is 5.32 Å². The van der Waals surface area contributed by atoms with E-state index < -0.39 is 9.84 Å². The lowest BCUT2D eigenvalue weighted by Gasteiger charge is -2.36. The van der Waals surface area contributed by atoms with E-state index in [0.717, 1.165) is 51.8 Å². The van der Waals surface area contributed by atoms with Gasteiger partial charge in [-0.1, -0.05) is 30.3 Å². The Labute approximate surface area is 192 Å². The number of hydrogen-bond acceptors (Lipinski definition) is 5. The van der Waals surface area contributed by atoms with Crippen LogP contribution >= 0.6 is 24.0 Å². The third-order valence-corrected chi connectivity index (χ3v) is 6.98. The van der Waals surface area contributed by atoms with Crippen molar-refractivity contribution in [2.75, 3.05) is 70.4 Å². The smallest absolute Gasteiger partial charge is 0.194 e. The van der Waals surface area contributed by atoms with Gasteiger partial charge in [-0.2, -0.15) is 0 Å². The molecule has 29 heavy (non-hydrogen) atoms. The number of guanidine groups is 1. The molecule has 164 valence electrons. The highest BCUT2D eigenvalue weighted by atomic mass is 127. The minimum absolute atomic E-state index is 0. The molecule has 0 saturated carbocycles. The summed E-state index contributed by atoms with van der Waals surface area (Å²) >= 11 is 0. The molecular formula is C20H34IN5O2S. The monoisotopic (exact) mass is 535 g/mol. The van der Waals surface area contributed by atoms with Crippen molar-refractivity contribution in [2.24, 2.45) is 4.99 Å². The van der Waals surface area contributed by atoms with Crippen molar-refractivity contribution < 1.29 is 8.42 Å². The number of nitrogens with zero attached hydrogens (tertiary/aromatic N) is 4. The van der Waals surface area contributed by atoms with E-state index in [1.807, 2.05) is 0 Å². The van der Waals surface area contributed by atoms with Gasteiger partial charge in [-0.05, 0) is 12.5 Å². The van der Waals surface area contributed by atoms with E-state index in [1.54, 1.807) is 0 Å². The van der Waals surface area contributed by atoms with Crippen LogP contribution in [0.5, 0.6) is 0 Å². The second kappa shape index (κ2) is 12.1. The molecule has 0 radical (unpaired) electrons. The molecule has 0 atom stereocenters. The molecule has 0 unspecified atom stereocenters. The van der Waals surface area contributed by atoms with Crippen LogP contribution in [0.15, 0.2) is 35.3 Å². The van der Waals surface area contributed by atoms with Crippen molar-refractivity contribution >= 4 is 39.8 Å². The van der Waals surface area contributed by atoms with Gasteiger partial charge >= 0.3 is 0 Å². The second-order valence-electron chi connectivity index (χ2n) is 7.48. The molecule has 3 rings (SSSR count). The standard InChI is InChI=1S/C20H33N5O2S.HI/c1-2-21-20(22-8-9-23-14-16-28(26,27)17-15-23)25-12-10-24(11-13-25)18-19-6-4-3-5-7-19;/h3-7H,2,8-18H2,1H3,(H,21,22);1H. The van der Waals surface area contributed by atoms with Crippen LogP contribution in [-0.4, -0.2) is 99.5 Å². The largest absolute Gasteiger partial charge is 0.357 e. The third kappa shape index (κ3) is 8.03. The van der Waals surface area contributed by atoms with Gasteiger partial charge in [-0.15, -0.1) is 24.0 Å². The Morgan fingerprint density at radius 3 is 2.28 bits per heavy atom. The first-order valence-corrected chi connectivity index (χ1v) is 12.1. The van der Waals surface area contributed by atoms with Crippen LogP contribution in [-0.2, 0) is 16.4 Å². The molecule has 2 saturated heterocycles. The maximum Gasteiger partial charge on any atom is 0.194 e. The number of piperazine rings is 1. The van der Waals surface area contributed by atoms with Crippen LogP contribution in [0, 0.1) is 0 Å².